The van der Waals surface area contributed by atoms with E-state index in [1.54, 1.807) is 6.20 Å². The summed E-state index contributed by atoms with van der Waals surface area (Å²) in [5.74, 6) is 5.82. The molecule has 0 aliphatic heterocycles. The zero-order valence-corrected chi connectivity index (χ0v) is 7.70. The lowest BCUT2D eigenvalue weighted by Crippen LogP contribution is -1.93. The van der Waals surface area contributed by atoms with Crippen LogP contribution in [0.3, 0.4) is 0 Å². The summed E-state index contributed by atoms with van der Waals surface area (Å²) in [6.45, 7) is 0.394. The minimum atomic E-state index is 0.394. The number of pyridine rings is 1. The zero-order chi connectivity index (χ0) is 9.80. The number of aromatic nitrogens is 1. The first kappa shape index (κ1) is 8.74. The number of nitrogens with two attached hydrogens (primary N) is 1. The van der Waals surface area contributed by atoms with Gasteiger partial charge in [0, 0.05) is 17.1 Å². The van der Waals surface area contributed by atoms with Crippen molar-refractivity contribution >= 4 is 10.9 Å². The summed E-state index contributed by atoms with van der Waals surface area (Å²) in [5.41, 5.74) is 7.28. The van der Waals surface area contributed by atoms with Crippen LogP contribution in [-0.4, -0.2) is 11.5 Å². The summed E-state index contributed by atoms with van der Waals surface area (Å²) in [6.07, 6.45) is 1.79. The molecule has 1 heterocycles. The topological polar surface area (TPSA) is 38.9 Å². The van der Waals surface area contributed by atoms with Gasteiger partial charge < -0.3 is 5.73 Å². The molecule has 0 unspecified atom stereocenters. The van der Waals surface area contributed by atoms with Gasteiger partial charge in [0.2, 0.25) is 0 Å². The minimum Gasteiger partial charge on any atom is -0.320 e. The van der Waals surface area contributed by atoms with Gasteiger partial charge in [0.25, 0.3) is 0 Å². The van der Waals surface area contributed by atoms with Crippen LogP contribution in [0.1, 0.15) is 5.56 Å². The van der Waals surface area contributed by atoms with Crippen molar-refractivity contribution in [2.24, 2.45) is 5.73 Å². The Labute approximate surface area is 82.8 Å². The Balaban J connectivity index is 2.51. The van der Waals surface area contributed by atoms with Gasteiger partial charge in [0.15, 0.2) is 0 Å². The van der Waals surface area contributed by atoms with Crippen LogP contribution in [-0.2, 0) is 0 Å². The third-order valence-corrected chi connectivity index (χ3v) is 1.94. The second-order valence-corrected chi connectivity index (χ2v) is 2.92. The average Bonchev–Trinajstić information content (AvgIpc) is 2.26. The first-order valence-electron chi connectivity index (χ1n) is 4.44. The average molecular weight is 182 g/mol. The van der Waals surface area contributed by atoms with Crippen molar-refractivity contribution < 1.29 is 0 Å². The van der Waals surface area contributed by atoms with E-state index in [2.05, 4.69) is 16.8 Å². The van der Waals surface area contributed by atoms with Crippen molar-refractivity contribution in [1.29, 1.82) is 0 Å². The smallest absolute Gasteiger partial charge is 0.0702 e. The molecule has 2 heteroatoms. The molecule has 0 aliphatic rings. The molecule has 0 atom stereocenters. The summed E-state index contributed by atoms with van der Waals surface area (Å²) in [5, 5.41) is 1.11. The van der Waals surface area contributed by atoms with Gasteiger partial charge in [-0.15, -0.1) is 0 Å². The molecule has 0 aliphatic carbocycles. The van der Waals surface area contributed by atoms with Crippen LogP contribution in [0, 0.1) is 11.8 Å². The molecule has 2 N–H and O–H groups in total. The highest BCUT2D eigenvalue weighted by Crippen LogP contribution is 2.12. The van der Waals surface area contributed by atoms with E-state index in [9.17, 15) is 0 Å². The summed E-state index contributed by atoms with van der Waals surface area (Å²) in [7, 11) is 0. The summed E-state index contributed by atoms with van der Waals surface area (Å²) < 4.78 is 0. The van der Waals surface area contributed by atoms with Crippen molar-refractivity contribution in [3.8, 4) is 11.8 Å². The van der Waals surface area contributed by atoms with E-state index >= 15 is 0 Å². The lowest BCUT2D eigenvalue weighted by Gasteiger charge is -1.96. The fourth-order valence-electron chi connectivity index (χ4n) is 1.31. The van der Waals surface area contributed by atoms with E-state index in [0.717, 1.165) is 16.5 Å². The molecule has 2 aromatic rings. The maximum Gasteiger partial charge on any atom is 0.0702 e. The van der Waals surface area contributed by atoms with E-state index in [1.807, 2.05) is 30.3 Å². The van der Waals surface area contributed by atoms with Crippen molar-refractivity contribution in [1.82, 2.24) is 4.98 Å². The Bertz CT molecular complexity index is 506. The molecule has 0 amide bonds. The normalized spacial score (nSPS) is 9.50. The van der Waals surface area contributed by atoms with Crippen LogP contribution >= 0.6 is 0 Å². The van der Waals surface area contributed by atoms with Crippen LogP contribution in [0.15, 0.2) is 36.5 Å². The molecular weight excluding hydrogens is 172 g/mol. The van der Waals surface area contributed by atoms with Gasteiger partial charge in [-0.25, -0.2) is 0 Å². The number of benzene rings is 1. The summed E-state index contributed by atoms with van der Waals surface area (Å²) >= 11 is 0. The number of hydrogen-bond donors (Lipinski definition) is 1. The van der Waals surface area contributed by atoms with Gasteiger partial charge in [0.1, 0.15) is 0 Å². The highest BCUT2D eigenvalue weighted by atomic mass is 14.6. The Morgan fingerprint density at radius 3 is 3.07 bits per heavy atom. The molecule has 1 aromatic carbocycles. The number of fused-ring (bicyclic) bond motifs is 1. The highest BCUT2D eigenvalue weighted by Gasteiger charge is 1.93. The van der Waals surface area contributed by atoms with Crippen molar-refractivity contribution in [3.05, 3.63) is 42.1 Å². The summed E-state index contributed by atoms with van der Waals surface area (Å²) in [6, 6.07) is 9.89. The summed E-state index contributed by atoms with van der Waals surface area (Å²) in [4.78, 5) is 4.23. The monoisotopic (exact) mass is 182 g/mol. The van der Waals surface area contributed by atoms with E-state index in [4.69, 9.17) is 5.73 Å². The van der Waals surface area contributed by atoms with Crippen LogP contribution < -0.4 is 5.73 Å². The largest absolute Gasteiger partial charge is 0.320 e. The van der Waals surface area contributed by atoms with E-state index < -0.39 is 0 Å². The maximum absolute atomic E-state index is 5.30. The minimum absolute atomic E-state index is 0.394. The predicted octanol–water partition coefficient (Wildman–Crippen LogP) is 1.55. The predicted molar refractivity (Wildman–Crippen MR) is 57.7 cm³/mol. The first-order chi connectivity index (χ1) is 6.90. The third-order valence-electron chi connectivity index (χ3n) is 1.94. The van der Waals surface area contributed by atoms with Crippen molar-refractivity contribution in [3.63, 3.8) is 0 Å². The van der Waals surface area contributed by atoms with Crippen molar-refractivity contribution in [2.75, 3.05) is 6.54 Å². The molecule has 2 nitrogen and oxygen atoms in total. The van der Waals surface area contributed by atoms with E-state index in [1.165, 1.54) is 0 Å². The zero-order valence-electron chi connectivity index (χ0n) is 7.70. The molecule has 1 aromatic heterocycles. The Kier molecular flexibility index (Phi) is 2.44. The van der Waals surface area contributed by atoms with Gasteiger partial charge in [0.05, 0.1) is 12.1 Å². The van der Waals surface area contributed by atoms with Gasteiger partial charge in [-0.2, -0.15) is 0 Å². The maximum atomic E-state index is 5.30. The van der Waals surface area contributed by atoms with Gasteiger partial charge in [-0.3, -0.25) is 4.98 Å². The van der Waals surface area contributed by atoms with Gasteiger partial charge >= 0.3 is 0 Å². The van der Waals surface area contributed by atoms with Crippen LogP contribution in [0.5, 0.6) is 0 Å². The fraction of sp³-hybridized carbons (Fsp3) is 0.0833. The van der Waals surface area contributed by atoms with Crippen molar-refractivity contribution in [2.45, 2.75) is 0 Å². The number of hydrogen-bond acceptors (Lipinski definition) is 2. The highest BCUT2D eigenvalue weighted by molar-refractivity contribution is 5.79. The van der Waals surface area contributed by atoms with Crippen LogP contribution in [0.4, 0.5) is 0 Å². The fourth-order valence-corrected chi connectivity index (χ4v) is 1.31. The van der Waals surface area contributed by atoms with Gasteiger partial charge in [-0.1, -0.05) is 17.9 Å². The van der Waals surface area contributed by atoms with Crippen LogP contribution in [0.25, 0.3) is 10.9 Å². The second-order valence-electron chi connectivity index (χ2n) is 2.92. The molecule has 14 heavy (non-hydrogen) atoms. The molecule has 0 bridgehead atoms. The third kappa shape index (κ3) is 1.73. The molecule has 68 valence electrons. The Hall–Kier alpha value is -1.85. The van der Waals surface area contributed by atoms with E-state index in [0.29, 0.717) is 6.54 Å². The lowest BCUT2D eigenvalue weighted by atomic mass is 10.1. The lowest BCUT2D eigenvalue weighted by molar-refractivity contribution is 1.30. The number of nitrogens with zero attached hydrogens (tertiary/aromatic N) is 1. The van der Waals surface area contributed by atoms with E-state index in [-0.39, 0.29) is 0 Å². The SMILES string of the molecule is NCC#Cc1ccc2ncccc2c1. The molecule has 0 spiro atoms. The van der Waals surface area contributed by atoms with Crippen LogP contribution in [0.2, 0.25) is 0 Å². The molecule has 0 saturated carbocycles. The quantitative estimate of drug-likeness (QED) is 0.628. The van der Waals surface area contributed by atoms with Gasteiger partial charge in [-0.05, 0) is 24.3 Å². The molecule has 0 radical (unpaired) electrons. The second kappa shape index (κ2) is 3.91. The molecule has 0 saturated heterocycles. The first-order valence-corrected chi connectivity index (χ1v) is 4.44. The number of rotatable bonds is 0. The Morgan fingerprint density at radius 2 is 2.21 bits per heavy atom. The molecular formula is C12H10N2. The standard InChI is InChI=1S/C12H10N2/c13-7-1-3-10-5-6-12-11(9-10)4-2-8-14-12/h2,4-6,8-9H,7,13H2. The molecule has 2 rings (SSSR count). The Morgan fingerprint density at radius 1 is 1.29 bits per heavy atom. The molecule has 0 fully saturated rings.